The molecule has 1 saturated heterocycles. The first-order valence-electron chi connectivity index (χ1n) is 6.06. The van der Waals surface area contributed by atoms with Gasteiger partial charge in [0, 0.05) is 5.41 Å². The zero-order chi connectivity index (χ0) is 12.2. The van der Waals surface area contributed by atoms with Crippen LogP contribution in [0.1, 0.15) is 52.9 Å². The number of unbranched alkanes of at least 4 members (excludes halogenated alkanes) is 1. The number of halogens is 1. The van der Waals surface area contributed by atoms with Gasteiger partial charge in [-0.2, -0.15) is 0 Å². The minimum absolute atomic E-state index is 0.200. The van der Waals surface area contributed by atoms with Gasteiger partial charge < -0.3 is 0 Å². The monoisotopic (exact) mass is 252 g/mol. The summed E-state index contributed by atoms with van der Waals surface area (Å²) >= 11 is 0. The van der Waals surface area contributed by atoms with Crippen LogP contribution in [0.3, 0.4) is 0 Å². The highest BCUT2D eigenvalue weighted by Crippen LogP contribution is 2.59. The molecule has 0 saturated carbocycles. The lowest BCUT2D eigenvalue weighted by atomic mass is 9.78. The first-order valence-corrected chi connectivity index (χ1v) is 7.49. The summed E-state index contributed by atoms with van der Waals surface area (Å²) in [5.74, 6) is 0. The normalized spacial score (nSPS) is 39.9. The van der Waals surface area contributed by atoms with Gasteiger partial charge in [-0.3, -0.25) is 9.05 Å². The molecule has 1 heterocycles. The van der Waals surface area contributed by atoms with E-state index in [0.29, 0.717) is 0 Å². The molecule has 0 aromatic rings. The maximum absolute atomic E-state index is 13.2. The van der Waals surface area contributed by atoms with Crippen LogP contribution in [0.5, 0.6) is 0 Å². The molecule has 0 radical (unpaired) electrons. The zero-order valence-electron chi connectivity index (χ0n) is 10.4. The summed E-state index contributed by atoms with van der Waals surface area (Å²) in [5, 5.41) is 0. The Morgan fingerprint density at radius 1 is 1.44 bits per heavy atom. The minimum Gasteiger partial charge on any atom is -0.283 e. The summed E-state index contributed by atoms with van der Waals surface area (Å²) in [6.07, 6.45) is 4.41. The van der Waals surface area contributed by atoms with Crippen molar-refractivity contribution in [2.75, 3.05) is 6.61 Å². The molecule has 1 fully saturated rings. The minimum atomic E-state index is -4.28. The van der Waals surface area contributed by atoms with Crippen molar-refractivity contribution < 1.29 is 17.8 Å². The third kappa shape index (κ3) is 3.54. The van der Waals surface area contributed by atoms with Gasteiger partial charge >= 0.3 is 7.91 Å². The summed E-state index contributed by atoms with van der Waals surface area (Å²) < 4.78 is 34.1. The maximum atomic E-state index is 13.2. The Balaban J connectivity index is 2.70. The van der Waals surface area contributed by atoms with E-state index in [2.05, 4.69) is 6.92 Å². The molecule has 3 atom stereocenters. The highest BCUT2D eigenvalue weighted by Gasteiger charge is 2.46. The SMILES string of the molecule is CCCC[C@]1(C)COP(=O)(F)OC1CCC. The van der Waals surface area contributed by atoms with Gasteiger partial charge in [0.05, 0.1) is 12.7 Å². The van der Waals surface area contributed by atoms with Crippen molar-refractivity contribution in [1.29, 1.82) is 0 Å². The molecule has 3 nitrogen and oxygen atoms in total. The van der Waals surface area contributed by atoms with Gasteiger partial charge in [0.2, 0.25) is 0 Å². The van der Waals surface area contributed by atoms with E-state index in [-0.39, 0.29) is 18.1 Å². The molecular formula is C11H22FO3P. The van der Waals surface area contributed by atoms with Crippen molar-refractivity contribution >= 4 is 7.91 Å². The molecule has 16 heavy (non-hydrogen) atoms. The fourth-order valence-electron chi connectivity index (χ4n) is 2.10. The lowest BCUT2D eigenvalue weighted by Crippen LogP contribution is -2.41. The molecule has 0 aromatic heterocycles. The van der Waals surface area contributed by atoms with E-state index >= 15 is 0 Å². The van der Waals surface area contributed by atoms with Crippen molar-refractivity contribution in [3.63, 3.8) is 0 Å². The molecule has 1 rings (SSSR count). The summed E-state index contributed by atoms with van der Waals surface area (Å²) in [4.78, 5) is 0. The molecule has 0 N–H and O–H groups in total. The largest absolute Gasteiger partial charge is 0.513 e. The number of hydrogen-bond acceptors (Lipinski definition) is 3. The second kappa shape index (κ2) is 5.61. The van der Waals surface area contributed by atoms with Gasteiger partial charge in [0.1, 0.15) is 0 Å². The van der Waals surface area contributed by atoms with Crippen LogP contribution in [0.25, 0.3) is 0 Å². The topological polar surface area (TPSA) is 35.5 Å². The van der Waals surface area contributed by atoms with Crippen LogP contribution in [0.2, 0.25) is 0 Å². The van der Waals surface area contributed by atoms with Gasteiger partial charge in [-0.1, -0.05) is 40.0 Å². The predicted octanol–water partition coefficient (Wildman–Crippen LogP) is 4.48. The molecule has 0 bridgehead atoms. The van der Waals surface area contributed by atoms with Crippen LogP contribution in [0.4, 0.5) is 4.20 Å². The Hall–Kier alpha value is 0.0800. The average Bonchev–Trinajstić information content (AvgIpc) is 2.22. The van der Waals surface area contributed by atoms with Crippen molar-refractivity contribution in [3.05, 3.63) is 0 Å². The fourth-order valence-corrected chi connectivity index (χ4v) is 3.28. The van der Waals surface area contributed by atoms with Crippen molar-refractivity contribution in [2.24, 2.45) is 5.41 Å². The summed E-state index contributed by atoms with van der Waals surface area (Å²) in [5.41, 5.74) is -0.202. The Morgan fingerprint density at radius 2 is 2.12 bits per heavy atom. The molecule has 0 spiro atoms. The summed E-state index contributed by atoms with van der Waals surface area (Å²) in [7, 11) is -4.28. The predicted molar refractivity (Wildman–Crippen MR) is 62.1 cm³/mol. The summed E-state index contributed by atoms with van der Waals surface area (Å²) in [6, 6.07) is 0. The smallest absolute Gasteiger partial charge is 0.283 e. The third-order valence-electron chi connectivity index (χ3n) is 3.23. The van der Waals surface area contributed by atoms with E-state index in [4.69, 9.17) is 9.05 Å². The second-order valence-electron chi connectivity index (χ2n) is 4.84. The first-order chi connectivity index (χ1) is 7.43. The molecule has 0 amide bonds. The molecular weight excluding hydrogens is 230 g/mol. The standard InChI is InChI=1S/C11H22FO3P/c1-4-6-8-11(3)9-14-16(12,13)15-10(11)7-5-2/h10H,4-9H2,1-3H3/t10?,11-,16?/m1/s1. The van der Waals surface area contributed by atoms with Crippen LogP contribution < -0.4 is 0 Å². The van der Waals surface area contributed by atoms with E-state index in [1.54, 1.807) is 0 Å². The van der Waals surface area contributed by atoms with Crippen LogP contribution in [-0.4, -0.2) is 12.7 Å². The molecule has 2 unspecified atom stereocenters. The number of hydrogen-bond donors (Lipinski definition) is 0. The fraction of sp³-hybridized carbons (Fsp3) is 1.00. The highest BCUT2D eigenvalue weighted by atomic mass is 31.2. The molecule has 5 heteroatoms. The Morgan fingerprint density at radius 3 is 2.69 bits per heavy atom. The lowest BCUT2D eigenvalue weighted by molar-refractivity contribution is -0.0560. The Labute approximate surface area is 97.4 Å². The van der Waals surface area contributed by atoms with E-state index in [1.807, 2.05) is 13.8 Å². The quantitative estimate of drug-likeness (QED) is 0.677. The van der Waals surface area contributed by atoms with Crippen LogP contribution in [0.15, 0.2) is 0 Å². The third-order valence-corrected chi connectivity index (χ3v) is 4.18. The van der Waals surface area contributed by atoms with Gasteiger partial charge in [-0.25, -0.2) is 4.57 Å². The van der Waals surface area contributed by atoms with Gasteiger partial charge in [-0.15, -0.1) is 4.20 Å². The molecule has 0 aromatic carbocycles. The Kier molecular flexibility index (Phi) is 4.96. The summed E-state index contributed by atoms with van der Waals surface area (Å²) in [6.45, 7) is 6.36. The van der Waals surface area contributed by atoms with E-state index in [9.17, 15) is 8.76 Å². The average molecular weight is 252 g/mol. The van der Waals surface area contributed by atoms with E-state index < -0.39 is 7.91 Å². The highest BCUT2D eigenvalue weighted by molar-refractivity contribution is 7.48. The van der Waals surface area contributed by atoms with Crippen LogP contribution in [0, 0.1) is 5.41 Å². The van der Waals surface area contributed by atoms with Gasteiger partial charge in [0.15, 0.2) is 0 Å². The molecule has 1 aliphatic heterocycles. The van der Waals surface area contributed by atoms with E-state index in [0.717, 1.165) is 32.1 Å². The van der Waals surface area contributed by atoms with Gasteiger partial charge in [0.25, 0.3) is 0 Å². The lowest BCUT2D eigenvalue weighted by Gasteiger charge is -2.41. The van der Waals surface area contributed by atoms with Crippen molar-refractivity contribution in [3.8, 4) is 0 Å². The van der Waals surface area contributed by atoms with Crippen molar-refractivity contribution in [1.82, 2.24) is 0 Å². The van der Waals surface area contributed by atoms with Crippen LogP contribution in [-0.2, 0) is 13.6 Å². The van der Waals surface area contributed by atoms with Crippen LogP contribution >= 0.6 is 7.91 Å². The zero-order valence-corrected chi connectivity index (χ0v) is 11.3. The maximum Gasteiger partial charge on any atom is 0.513 e. The van der Waals surface area contributed by atoms with E-state index in [1.165, 1.54) is 0 Å². The molecule has 0 aliphatic carbocycles. The Bertz CT molecular complexity index is 272. The molecule has 1 aliphatic rings. The molecule has 96 valence electrons. The second-order valence-corrected chi connectivity index (χ2v) is 6.17. The first kappa shape index (κ1) is 14.1. The number of rotatable bonds is 5. The van der Waals surface area contributed by atoms with Gasteiger partial charge in [-0.05, 0) is 12.8 Å². The van der Waals surface area contributed by atoms with Crippen molar-refractivity contribution in [2.45, 2.75) is 59.0 Å².